The maximum absolute atomic E-state index is 8.77. The standard InChI is InChI=1S/C23H27.C20H23Si.C2H7Si.2ClH.Zr/c1-6-16(2)19-14-18-8-7-9-21(22(18)15-19)17-10-12-20(13-11-17)23(3,4)5;1-5-15-13-17-7-6-8-19(20(17)14-15)16-9-11-18(12-10-16)21(2,3)4;1-3-2;;;/h7-16H,6H2,1-5H3;6-14H,5H2,1-4H3;3H,1-2H3;2*1H;/q;;;;;+2/p-2. The third kappa shape index (κ3) is 6.34. The Bertz CT molecular complexity index is 1970. The van der Waals surface area contributed by atoms with Crippen LogP contribution in [0, 0.1) is 5.92 Å². The first-order chi connectivity index (χ1) is 23.4. The number of allylic oxidation sites excluding steroid dienone is 2. The summed E-state index contributed by atoms with van der Waals surface area (Å²) in [6, 6.07) is 32.5. The SMILES string of the molecule is CCC1=Cc2c(-c3ccc([Si](C)(C)C)cc3)cccc2[CH]1[Zr]([Cl])([Cl])([CH]1C(C(C)CC)=Cc2c(-c3ccc(C(C)(C)C)cc3)cccc21)[SiH](C)C. The molecular weight excluding hydrogens is 759 g/mol. The summed E-state index contributed by atoms with van der Waals surface area (Å²) in [5.41, 5.74) is 15.0. The average molecular weight is 816 g/mol. The Hall–Kier alpha value is -1.74. The summed E-state index contributed by atoms with van der Waals surface area (Å²) in [7, 11) is 16.1. The Labute approximate surface area is 313 Å². The molecule has 6 rings (SSSR count). The van der Waals surface area contributed by atoms with Crippen molar-refractivity contribution in [3.05, 3.63) is 124 Å². The van der Waals surface area contributed by atoms with E-state index in [1.807, 2.05) is 0 Å². The quantitative estimate of drug-likeness (QED) is 0.148. The molecule has 0 saturated heterocycles. The van der Waals surface area contributed by atoms with Crippen LogP contribution in [0.5, 0.6) is 0 Å². The molecule has 263 valence electrons. The topological polar surface area (TPSA) is 0 Å². The van der Waals surface area contributed by atoms with Gasteiger partial charge in [0.25, 0.3) is 0 Å². The fourth-order valence-corrected chi connectivity index (χ4v) is 41.4. The average Bonchev–Trinajstić information content (AvgIpc) is 3.68. The van der Waals surface area contributed by atoms with Gasteiger partial charge in [0, 0.05) is 0 Å². The molecule has 4 aromatic carbocycles. The van der Waals surface area contributed by atoms with Crippen molar-refractivity contribution in [1.29, 1.82) is 0 Å². The van der Waals surface area contributed by atoms with Crippen molar-refractivity contribution < 1.29 is 15.6 Å². The molecule has 4 aromatic rings. The van der Waals surface area contributed by atoms with E-state index >= 15 is 0 Å². The van der Waals surface area contributed by atoms with Crippen LogP contribution < -0.4 is 5.19 Å². The van der Waals surface area contributed by atoms with Crippen LogP contribution in [0.3, 0.4) is 0 Å². The van der Waals surface area contributed by atoms with E-state index in [0.29, 0.717) is 5.92 Å². The van der Waals surface area contributed by atoms with Crippen molar-refractivity contribution in [3.8, 4) is 22.3 Å². The summed E-state index contributed by atoms with van der Waals surface area (Å²) >= 11 is -4.87. The van der Waals surface area contributed by atoms with Crippen molar-refractivity contribution >= 4 is 48.4 Å². The van der Waals surface area contributed by atoms with E-state index in [4.69, 9.17) is 17.0 Å². The van der Waals surface area contributed by atoms with Crippen LogP contribution in [0.15, 0.2) is 96.1 Å². The Balaban J connectivity index is 1.55. The molecule has 0 spiro atoms. The van der Waals surface area contributed by atoms with Crippen LogP contribution in [-0.2, 0) is 21.0 Å². The Morgan fingerprint density at radius 2 is 1.22 bits per heavy atom. The van der Waals surface area contributed by atoms with Gasteiger partial charge in [-0.3, -0.25) is 0 Å². The number of hydrogen-bond donors (Lipinski definition) is 0. The Kier molecular flexibility index (Phi) is 10.3. The summed E-state index contributed by atoms with van der Waals surface area (Å²) < 4.78 is 0.196. The van der Waals surface area contributed by atoms with Crippen LogP contribution >= 0.6 is 17.0 Å². The monoisotopic (exact) mass is 813 g/mol. The zero-order valence-electron chi connectivity index (χ0n) is 32.2. The van der Waals surface area contributed by atoms with Crippen LogP contribution in [0.25, 0.3) is 34.4 Å². The predicted octanol–water partition coefficient (Wildman–Crippen LogP) is 13.9. The van der Waals surface area contributed by atoms with Gasteiger partial charge in [0.05, 0.1) is 0 Å². The van der Waals surface area contributed by atoms with Crippen molar-refractivity contribution in [3.63, 3.8) is 0 Å². The van der Waals surface area contributed by atoms with E-state index < -0.39 is 29.6 Å². The molecule has 3 atom stereocenters. The van der Waals surface area contributed by atoms with Gasteiger partial charge in [-0.1, -0.05) is 0 Å². The predicted molar refractivity (Wildman–Crippen MR) is 227 cm³/mol. The summed E-state index contributed by atoms with van der Waals surface area (Å²) in [6.07, 6.45) is 7.05. The summed E-state index contributed by atoms with van der Waals surface area (Å²) in [4.78, 5) is 0. The molecular formula is C45H57Cl2Si2Zr. The second kappa shape index (κ2) is 13.6. The van der Waals surface area contributed by atoms with Gasteiger partial charge in [-0.05, 0) is 0 Å². The zero-order valence-corrected chi connectivity index (χ0v) is 38.3. The third-order valence-corrected chi connectivity index (χ3v) is 66.0. The third-order valence-electron chi connectivity index (χ3n) is 12.2. The zero-order chi connectivity index (χ0) is 36.4. The summed E-state index contributed by atoms with van der Waals surface area (Å²) in [5.74, 6) is -1.25. The van der Waals surface area contributed by atoms with Gasteiger partial charge in [0.2, 0.25) is 0 Å². The van der Waals surface area contributed by atoms with Crippen molar-refractivity contribution in [2.75, 3.05) is 0 Å². The van der Waals surface area contributed by atoms with Gasteiger partial charge < -0.3 is 0 Å². The molecule has 0 bridgehead atoms. The minimum absolute atomic E-state index is 0.0933. The number of fused-ring (bicyclic) bond motifs is 2. The van der Waals surface area contributed by atoms with Gasteiger partial charge in [-0.2, -0.15) is 0 Å². The van der Waals surface area contributed by atoms with Gasteiger partial charge >= 0.3 is 316 Å². The molecule has 0 N–H and O–H groups in total. The molecule has 50 heavy (non-hydrogen) atoms. The number of hydrogen-bond acceptors (Lipinski definition) is 0. The minimum atomic E-state index is -4.87. The van der Waals surface area contributed by atoms with Crippen molar-refractivity contribution in [2.24, 2.45) is 5.92 Å². The molecule has 0 radical (unpaired) electrons. The van der Waals surface area contributed by atoms with Gasteiger partial charge in [-0.15, -0.1) is 0 Å². The van der Waals surface area contributed by atoms with Crippen LogP contribution in [-0.4, -0.2) is 14.0 Å². The number of halogens is 2. The maximum atomic E-state index is 8.77. The number of rotatable bonds is 9. The molecule has 0 fully saturated rings. The van der Waals surface area contributed by atoms with E-state index in [0.717, 1.165) is 12.8 Å². The van der Waals surface area contributed by atoms with Crippen LogP contribution in [0.4, 0.5) is 0 Å². The first-order valence-electron chi connectivity index (χ1n) is 18.9. The molecule has 2 aliphatic rings. The Morgan fingerprint density at radius 1 is 0.720 bits per heavy atom. The molecule has 0 heterocycles. The fourth-order valence-electron chi connectivity index (χ4n) is 8.76. The molecule has 2 aliphatic carbocycles. The Morgan fingerprint density at radius 3 is 1.68 bits per heavy atom. The van der Waals surface area contributed by atoms with Crippen LogP contribution in [0.2, 0.25) is 32.7 Å². The summed E-state index contributed by atoms with van der Waals surface area (Å²) in [5, 5.41) is 1.49. The van der Waals surface area contributed by atoms with Gasteiger partial charge in [-0.25, -0.2) is 0 Å². The first kappa shape index (κ1) is 38.0. The van der Waals surface area contributed by atoms with E-state index in [1.165, 1.54) is 66.4 Å². The van der Waals surface area contributed by atoms with Crippen molar-refractivity contribution in [1.82, 2.24) is 0 Å². The van der Waals surface area contributed by atoms with E-state index in [1.54, 1.807) is 0 Å². The van der Waals surface area contributed by atoms with Gasteiger partial charge in [0.1, 0.15) is 0 Å². The fraction of sp³-hybridized carbons (Fsp3) is 0.378. The van der Waals surface area contributed by atoms with E-state index in [2.05, 4.69) is 171 Å². The normalized spacial score (nSPS) is 19.0. The number of benzene rings is 4. The molecule has 0 aliphatic heterocycles. The molecule has 0 nitrogen and oxygen atoms in total. The molecule has 0 amide bonds. The molecule has 0 aromatic heterocycles. The van der Waals surface area contributed by atoms with E-state index in [-0.39, 0.29) is 12.7 Å². The second-order valence-corrected chi connectivity index (χ2v) is 65.1. The molecule has 5 heteroatoms. The first-order valence-corrected chi connectivity index (χ1v) is 38.7. The molecule has 3 unspecified atom stereocenters. The van der Waals surface area contributed by atoms with Gasteiger partial charge in [0.15, 0.2) is 0 Å². The summed E-state index contributed by atoms with van der Waals surface area (Å²) in [6.45, 7) is 26.1. The van der Waals surface area contributed by atoms with Crippen LogP contribution in [0.1, 0.15) is 89.5 Å². The second-order valence-electron chi connectivity index (χ2n) is 17.5. The molecule has 0 saturated carbocycles. The van der Waals surface area contributed by atoms with Crippen molar-refractivity contribution in [2.45, 2.75) is 99.8 Å². The van der Waals surface area contributed by atoms with E-state index in [9.17, 15) is 0 Å².